The molecular weight excluding hydrogens is 446 g/mol. The lowest BCUT2D eigenvalue weighted by Gasteiger charge is -2.45. The van der Waals surface area contributed by atoms with Gasteiger partial charge >= 0.3 is 0 Å². The summed E-state index contributed by atoms with van der Waals surface area (Å²) in [5, 5.41) is 3.17. The van der Waals surface area contributed by atoms with Crippen molar-refractivity contribution in [3.8, 4) is 11.5 Å². The van der Waals surface area contributed by atoms with E-state index in [1.165, 1.54) is 5.56 Å². The summed E-state index contributed by atoms with van der Waals surface area (Å²) < 4.78 is 16.4. The second kappa shape index (κ2) is 10.3. The van der Waals surface area contributed by atoms with E-state index in [0.29, 0.717) is 35.7 Å². The summed E-state index contributed by atoms with van der Waals surface area (Å²) in [7, 11) is 3.12. The Bertz CT molecular complexity index is 1100. The molecule has 5 rings (SSSR count). The minimum Gasteiger partial charge on any atom is -0.493 e. The lowest BCUT2D eigenvalue weighted by molar-refractivity contribution is -0.124. The number of carbonyl (C=O) groups excluding carboxylic acids is 2. The average molecular weight is 480 g/mol. The van der Waals surface area contributed by atoms with Gasteiger partial charge in [-0.1, -0.05) is 24.3 Å². The largest absolute Gasteiger partial charge is 0.493 e. The van der Waals surface area contributed by atoms with Gasteiger partial charge in [0.25, 0.3) is 5.91 Å². The fourth-order valence-corrected chi connectivity index (χ4v) is 5.58. The highest BCUT2D eigenvalue weighted by Crippen LogP contribution is 2.48. The van der Waals surface area contributed by atoms with Crippen LogP contribution in [0.5, 0.6) is 11.5 Å². The lowest BCUT2D eigenvalue weighted by Crippen LogP contribution is -2.50. The van der Waals surface area contributed by atoms with Crippen molar-refractivity contribution in [1.82, 2.24) is 15.1 Å². The molecule has 8 nitrogen and oxygen atoms in total. The van der Waals surface area contributed by atoms with Crippen LogP contribution in [0.3, 0.4) is 0 Å². The zero-order valence-corrected chi connectivity index (χ0v) is 20.4. The summed E-state index contributed by atoms with van der Waals surface area (Å²) in [5.74, 6) is 0.325. The number of benzene rings is 2. The van der Waals surface area contributed by atoms with Gasteiger partial charge in [0.1, 0.15) is 0 Å². The van der Waals surface area contributed by atoms with Crippen LogP contribution >= 0.6 is 0 Å². The number of hydrogen-bond donors (Lipinski definition) is 1. The van der Waals surface area contributed by atoms with Crippen LogP contribution in [0, 0.1) is 0 Å². The van der Waals surface area contributed by atoms with Crippen molar-refractivity contribution in [3.63, 3.8) is 0 Å². The summed E-state index contributed by atoms with van der Waals surface area (Å²) in [6, 6.07) is 11.3. The summed E-state index contributed by atoms with van der Waals surface area (Å²) in [6.07, 6.45) is 1.63. The number of methoxy groups -OCH3 is 2. The van der Waals surface area contributed by atoms with Crippen LogP contribution in [0.4, 0.5) is 0 Å². The van der Waals surface area contributed by atoms with Gasteiger partial charge in [-0.2, -0.15) is 0 Å². The number of nitrogens with zero attached hydrogens (tertiary/aromatic N) is 2. The van der Waals surface area contributed by atoms with Crippen molar-refractivity contribution < 1.29 is 23.8 Å². The Morgan fingerprint density at radius 2 is 1.80 bits per heavy atom. The minimum atomic E-state index is -0.535. The Morgan fingerprint density at radius 3 is 2.57 bits per heavy atom. The quantitative estimate of drug-likeness (QED) is 0.615. The maximum atomic E-state index is 13.8. The van der Waals surface area contributed by atoms with Crippen LogP contribution in [-0.2, 0) is 16.0 Å². The van der Waals surface area contributed by atoms with Crippen molar-refractivity contribution >= 4 is 11.8 Å². The second-order valence-electron chi connectivity index (χ2n) is 9.26. The van der Waals surface area contributed by atoms with Crippen LogP contribution < -0.4 is 14.8 Å². The van der Waals surface area contributed by atoms with E-state index in [4.69, 9.17) is 14.2 Å². The van der Waals surface area contributed by atoms with Crippen molar-refractivity contribution in [2.75, 3.05) is 60.2 Å². The Labute approximate surface area is 206 Å². The molecule has 1 fully saturated rings. The third-order valence-corrected chi connectivity index (χ3v) is 7.37. The first kappa shape index (κ1) is 23.6. The predicted molar refractivity (Wildman–Crippen MR) is 131 cm³/mol. The Balaban J connectivity index is 1.46. The fraction of sp³-hybridized carbons (Fsp3) is 0.481. The number of morpholine rings is 1. The molecule has 35 heavy (non-hydrogen) atoms. The van der Waals surface area contributed by atoms with Gasteiger partial charge < -0.3 is 24.4 Å². The zero-order valence-electron chi connectivity index (χ0n) is 20.4. The number of fused-ring (bicyclic) bond motifs is 4. The van der Waals surface area contributed by atoms with Crippen molar-refractivity contribution in [2.45, 2.75) is 24.8 Å². The molecule has 8 heteroatoms. The molecule has 0 radical (unpaired) electrons. The molecule has 1 N–H and O–H groups in total. The number of ether oxygens (including phenoxy) is 3. The predicted octanol–water partition coefficient (Wildman–Crippen LogP) is 2.38. The Morgan fingerprint density at radius 1 is 1.06 bits per heavy atom. The molecule has 0 bridgehead atoms. The summed E-state index contributed by atoms with van der Waals surface area (Å²) in [5.41, 5.74) is 3.43. The average Bonchev–Trinajstić information content (AvgIpc) is 2.91. The summed E-state index contributed by atoms with van der Waals surface area (Å²) in [4.78, 5) is 31.6. The van der Waals surface area contributed by atoms with Gasteiger partial charge in [-0.15, -0.1) is 0 Å². The fourth-order valence-electron chi connectivity index (χ4n) is 5.58. The standard InChI is InChI=1S/C27H33N3O5/c1-33-22-16-20-21(17-23(22)34-2)27(32)30-11-8-18-6-3-4-7-19(18)25(30)24(20)26(31)28-9-5-10-29-12-14-35-15-13-29/h3-4,6-7,16-17,24-25H,5,8-15H2,1-2H3,(H,28,31)/t24-,25+/m1/s1. The molecule has 1 saturated heterocycles. The zero-order chi connectivity index (χ0) is 24.4. The molecule has 3 aliphatic heterocycles. The number of rotatable bonds is 7. The first-order valence-electron chi connectivity index (χ1n) is 12.3. The second-order valence-corrected chi connectivity index (χ2v) is 9.26. The van der Waals surface area contributed by atoms with Crippen LogP contribution in [0.25, 0.3) is 0 Å². The maximum Gasteiger partial charge on any atom is 0.254 e. The van der Waals surface area contributed by atoms with Crippen LogP contribution in [-0.4, -0.2) is 81.8 Å². The first-order valence-corrected chi connectivity index (χ1v) is 12.3. The number of amides is 2. The topological polar surface area (TPSA) is 80.3 Å². The number of nitrogens with one attached hydrogen (secondary N) is 1. The van der Waals surface area contributed by atoms with Crippen molar-refractivity contribution in [1.29, 1.82) is 0 Å². The highest BCUT2D eigenvalue weighted by molar-refractivity contribution is 6.02. The van der Waals surface area contributed by atoms with Crippen molar-refractivity contribution in [3.05, 3.63) is 58.7 Å². The molecule has 2 amide bonds. The van der Waals surface area contributed by atoms with Gasteiger partial charge in [-0.05, 0) is 48.2 Å². The van der Waals surface area contributed by atoms with E-state index in [1.807, 2.05) is 23.1 Å². The molecule has 0 aliphatic carbocycles. The van der Waals surface area contributed by atoms with Gasteiger partial charge in [0.2, 0.25) is 5.91 Å². The molecule has 0 unspecified atom stereocenters. The Hall–Kier alpha value is -3.10. The smallest absolute Gasteiger partial charge is 0.254 e. The third kappa shape index (κ3) is 4.48. The molecule has 0 saturated carbocycles. The van der Waals surface area contributed by atoms with Gasteiger partial charge in [-0.3, -0.25) is 14.5 Å². The molecule has 2 atom stereocenters. The molecule has 0 spiro atoms. The third-order valence-electron chi connectivity index (χ3n) is 7.37. The minimum absolute atomic E-state index is 0.0698. The normalized spacial score (nSPS) is 21.5. The van der Waals surface area contributed by atoms with E-state index in [0.717, 1.165) is 51.3 Å². The Kier molecular flexibility index (Phi) is 6.92. The lowest BCUT2D eigenvalue weighted by atomic mass is 9.75. The molecule has 186 valence electrons. The summed E-state index contributed by atoms with van der Waals surface area (Å²) in [6.45, 7) is 5.48. The van der Waals surface area contributed by atoms with Crippen LogP contribution in [0.1, 0.15) is 45.4 Å². The van der Waals surface area contributed by atoms with E-state index in [9.17, 15) is 9.59 Å². The maximum absolute atomic E-state index is 13.8. The van der Waals surface area contributed by atoms with Crippen LogP contribution in [0.15, 0.2) is 36.4 Å². The molecule has 2 aromatic rings. The summed E-state index contributed by atoms with van der Waals surface area (Å²) >= 11 is 0. The van der Waals surface area contributed by atoms with Gasteiger partial charge in [-0.25, -0.2) is 0 Å². The monoisotopic (exact) mass is 479 g/mol. The first-order chi connectivity index (χ1) is 17.1. The van der Waals surface area contributed by atoms with E-state index >= 15 is 0 Å². The molecule has 3 aliphatic rings. The van der Waals surface area contributed by atoms with E-state index in [1.54, 1.807) is 26.4 Å². The molecule has 2 aromatic carbocycles. The van der Waals surface area contributed by atoms with Gasteiger partial charge in [0.15, 0.2) is 11.5 Å². The molecular formula is C27H33N3O5. The SMILES string of the molecule is COc1cc2c(cc1OC)[C@@H](C(=O)NCCCN1CCOCC1)[C@@H]1c3ccccc3CCN1C2=O. The number of hydrogen-bond acceptors (Lipinski definition) is 6. The van der Waals surface area contributed by atoms with E-state index < -0.39 is 5.92 Å². The van der Waals surface area contributed by atoms with Gasteiger partial charge in [0, 0.05) is 31.7 Å². The molecule has 3 heterocycles. The van der Waals surface area contributed by atoms with E-state index in [-0.39, 0.29) is 17.9 Å². The van der Waals surface area contributed by atoms with Crippen molar-refractivity contribution in [2.24, 2.45) is 0 Å². The highest BCUT2D eigenvalue weighted by atomic mass is 16.5. The number of carbonyl (C=O) groups is 2. The van der Waals surface area contributed by atoms with Gasteiger partial charge in [0.05, 0.1) is 39.4 Å². The van der Waals surface area contributed by atoms with E-state index in [2.05, 4.69) is 16.3 Å². The molecule has 0 aromatic heterocycles. The highest BCUT2D eigenvalue weighted by Gasteiger charge is 2.46. The van der Waals surface area contributed by atoms with Crippen LogP contribution in [0.2, 0.25) is 0 Å².